The Morgan fingerprint density at radius 2 is 2.03 bits per heavy atom. The van der Waals surface area contributed by atoms with Crippen LogP contribution in [0.4, 0.5) is 20.7 Å². The molecule has 1 fully saturated rings. The summed E-state index contributed by atoms with van der Waals surface area (Å²) in [7, 11) is 1.46. The van der Waals surface area contributed by atoms with Gasteiger partial charge in [0.2, 0.25) is 11.8 Å². The van der Waals surface area contributed by atoms with Gasteiger partial charge >= 0.3 is 6.03 Å². The van der Waals surface area contributed by atoms with E-state index in [4.69, 9.17) is 9.47 Å². The van der Waals surface area contributed by atoms with Crippen LogP contribution in [0, 0.1) is 5.82 Å². The number of hydrogen-bond donors (Lipinski definition) is 2. The van der Waals surface area contributed by atoms with Crippen molar-refractivity contribution in [2.24, 2.45) is 0 Å². The topological polar surface area (TPSA) is 106 Å². The van der Waals surface area contributed by atoms with Crippen LogP contribution in [0.5, 0.6) is 11.6 Å². The molecular weight excluding hydrogens is 381 g/mol. The van der Waals surface area contributed by atoms with E-state index in [0.29, 0.717) is 19.0 Å². The number of benzene rings is 1. The molecule has 3 amide bonds. The van der Waals surface area contributed by atoms with Crippen LogP contribution >= 0.6 is 0 Å². The Labute approximate surface area is 167 Å². The zero-order valence-corrected chi connectivity index (χ0v) is 16.1. The summed E-state index contributed by atoms with van der Waals surface area (Å²) in [5, 5.41) is 12.6. The fourth-order valence-corrected chi connectivity index (χ4v) is 2.99. The highest BCUT2D eigenvalue weighted by Gasteiger charge is 2.23. The first-order chi connectivity index (χ1) is 13.9. The maximum absolute atomic E-state index is 14.0. The molecule has 0 saturated carbocycles. The highest BCUT2D eigenvalue weighted by molar-refractivity contribution is 5.99. The van der Waals surface area contributed by atoms with Crippen molar-refractivity contribution in [3.63, 3.8) is 0 Å². The van der Waals surface area contributed by atoms with Crippen LogP contribution in [0.25, 0.3) is 0 Å². The Hall–Kier alpha value is -3.43. The fourth-order valence-electron chi connectivity index (χ4n) is 2.99. The second-order valence-electron chi connectivity index (χ2n) is 6.56. The van der Waals surface area contributed by atoms with Gasteiger partial charge in [-0.1, -0.05) is 0 Å². The minimum absolute atomic E-state index is 0.0156. The molecule has 1 aliphatic heterocycles. The molecule has 29 heavy (non-hydrogen) atoms. The van der Waals surface area contributed by atoms with Gasteiger partial charge in [0, 0.05) is 37.4 Å². The van der Waals surface area contributed by atoms with Crippen molar-refractivity contribution < 1.29 is 23.5 Å². The number of likely N-dealkylation sites (tertiary alicyclic amines) is 1. The number of nitrogens with one attached hydrogen (secondary N) is 2. The molecule has 1 aliphatic rings. The van der Waals surface area contributed by atoms with Gasteiger partial charge in [-0.15, -0.1) is 10.2 Å². The summed E-state index contributed by atoms with van der Waals surface area (Å²) in [6.07, 6.45) is 1.35. The number of hydrogen-bond acceptors (Lipinski definition) is 6. The number of anilines is 2. The zero-order chi connectivity index (χ0) is 20.8. The smallest absolute Gasteiger partial charge is 0.324 e. The zero-order valence-electron chi connectivity index (χ0n) is 16.1. The molecule has 2 N–H and O–H groups in total. The number of amides is 3. The van der Waals surface area contributed by atoms with Crippen LogP contribution in [-0.4, -0.2) is 53.3 Å². The highest BCUT2D eigenvalue weighted by atomic mass is 19.1. The molecule has 0 bridgehead atoms. The summed E-state index contributed by atoms with van der Waals surface area (Å²) in [5.41, 5.74) is 0.221. The molecule has 0 radical (unpaired) electrons. The largest absolute Gasteiger partial charge is 0.488 e. The molecule has 0 aliphatic carbocycles. The standard InChI is InChI=1S/C19H22FN5O4/c1-12(26)25-7-3-4-15(11-25)29-16-9-13(20)8-14(10-16)21-19(27)22-17-5-6-18(28-2)24-23-17/h5-6,8-10,15H,3-4,7,11H2,1-2H3,(H2,21,22,23,27). The number of halogens is 1. The van der Waals surface area contributed by atoms with Crippen LogP contribution in [0.15, 0.2) is 30.3 Å². The number of carbonyl (C=O) groups is 2. The number of piperidine rings is 1. The normalized spacial score (nSPS) is 16.1. The van der Waals surface area contributed by atoms with Gasteiger partial charge in [0.25, 0.3) is 0 Å². The van der Waals surface area contributed by atoms with Crippen molar-refractivity contribution in [3.05, 3.63) is 36.1 Å². The van der Waals surface area contributed by atoms with Crippen molar-refractivity contribution in [1.82, 2.24) is 15.1 Å². The Bertz CT molecular complexity index is 877. The maximum atomic E-state index is 14.0. The minimum Gasteiger partial charge on any atom is -0.488 e. The van der Waals surface area contributed by atoms with E-state index in [-0.39, 0.29) is 29.3 Å². The van der Waals surface area contributed by atoms with Crippen molar-refractivity contribution in [1.29, 1.82) is 0 Å². The predicted octanol–water partition coefficient (Wildman–Crippen LogP) is 2.66. The van der Waals surface area contributed by atoms with E-state index < -0.39 is 11.8 Å². The number of urea groups is 1. The van der Waals surface area contributed by atoms with Crippen molar-refractivity contribution >= 4 is 23.4 Å². The fraction of sp³-hybridized carbons (Fsp3) is 0.368. The molecule has 9 nitrogen and oxygen atoms in total. The third-order valence-electron chi connectivity index (χ3n) is 4.35. The van der Waals surface area contributed by atoms with E-state index in [2.05, 4.69) is 20.8 Å². The Balaban J connectivity index is 1.62. The van der Waals surface area contributed by atoms with E-state index in [9.17, 15) is 14.0 Å². The van der Waals surface area contributed by atoms with Gasteiger partial charge in [-0.3, -0.25) is 10.1 Å². The van der Waals surface area contributed by atoms with Crippen molar-refractivity contribution in [2.45, 2.75) is 25.9 Å². The Kier molecular flexibility index (Phi) is 6.43. The molecule has 2 heterocycles. The summed E-state index contributed by atoms with van der Waals surface area (Å²) in [6.45, 7) is 2.66. The molecule has 0 spiro atoms. The van der Waals surface area contributed by atoms with E-state index >= 15 is 0 Å². The molecule has 3 rings (SSSR count). The van der Waals surface area contributed by atoms with Gasteiger partial charge in [0.05, 0.1) is 13.7 Å². The SMILES string of the molecule is COc1ccc(NC(=O)Nc2cc(F)cc(OC3CCCN(C(C)=O)C3)c2)nn1. The quantitative estimate of drug-likeness (QED) is 0.795. The molecular formula is C19H22FN5O4. The summed E-state index contributed by atoms with van der Waals surface area (Å²) in [6, 6.07) is 6.40. The molecule has 154 valence electrons. The molecule has 1 aromatic heterocycles. The first-order valence-corrected chi connectivity index (χ1v) is 9.11. The number of rotatable bonds is 5. The Morgan fingerprint density at radius 3 is 2.72 bits per heavy atom. The van der Waals surface area contributed by atoms with Crippen LogP contribution < -0.4 is 20.1 Å². The summed E-state index contributed by atoms with van der Waals surface area (Å²) in [5.74, 6) is 0.232. The first kappa shape index (κ1) is 20.3. The second-order valence-corrected chi connectivity index (χ2v) is 6.56. The summed E-state index contributed by atoms with van der Waals surface area (Å²) in [4.78, 5) is 25.4. The molecule has 10 heteroatoms. The molecule has 1 saturated heterocycles. The van der Waals surface area contributed by atoms with Crippen LogP contribution in [0.1, 0.15) is 19.8 Å². The third kappa shape index (κ3) is 5.77. The van der Waals surface area contributed by atoms with Gasteiger partial charge in [-0.25, -0.2) is 9.18 Å². The minimum atomic E-state index is -0.610. The first-order valence-electron chi connectivity index (χ1n) is 9.11. The lowest BCUT2D eigenvalue weighted by atomic mass is 10.1. The lowest BCUT2D eigenvalue weighted by Gasteiger charge is -2.32. The monoisotopic (exact) mass is 403 g/mol. The molecule has 1 aromatic carbocycles. The van der Waals surface area contributed by atoms with Crippen LogP contribution in [0.3, 0.4) is 0 Å². The highest BCUT2D eigenvalue weighted by Crippen LogP contribution is 2.24. The number of aromatic nitrogens is 2. The van der Waals surface area contributed by atoms with Gasteiger partial charge in [-0.2, -0.15) is 0 Å². The summed E-state index contributed by atoms with van der Waals surface area (Å²) < 4.78 is 24.7. The van der Waals surface area contributed by atoms with Gasteiger partial charge in [0.15, 0.2) is 5.82 Å². The van der Waals surface area contributed by atoms with Gasteiger partial charge in [0.1, 0.15) is 17.7 Å². The number of ether oxygens (including phenoxy) is 2. The third-order valence-corrected chi connectivity index (χ3v) is 4.35. The molecule has 1 unspecified atom stereocenters. The van der Waals surface area contributed by atoms with Gasteiger partial charge < -0.3 is 19.7 Å². The van der Waals surface area contributed by atoms with Crippen LogP contribution in [0.2, 0.25) is 0 Å². The number of methoxy groups -OCH3 is 1. The van der Waals surface area contributed by atoms with Crippen molar-refractivity contribution in [2.75, 3.05) is 30.8 Å². The van der Waals surface area contributed by atoms with E-state index in [1.165, 1.54) is 38.3 Å². The molecule has 2 aromatic rings. The second kappa shape index (κ2) is 9.18. The number of nitrogens with zero attached hydrogens (tertiary/aromatic N) is 3. The lowest BCUT2D eigenvalue weighted by molar-refractivity contribution is -0.131. The van der Waals surface area contributed by atoms with Crippen molar-refractivity contribution in [3.8, 4) is 11.6 Å². The lowest BCUT2D eigenvalue weighted by Crippen LogP contribution is -2.43. The maximum Gasteiger partial charge on any atom is 0.324 e. The van der Waals surface area contributed by atoms with E-state index in [1.807, 2.05) is 0 Å². The number of carbonyl (C=O) groups excluding carboxylic acids is 2. The molecule has 1 atom stereocenters. The summed E-state index contributed by atoms with van der Waals surface area (Å²) >= 11 is 0. The van der Waals surface area contributed by atoms with Crippen LogP contribution in [-0.2, 0) is 4.79 Å². The predicted molar refractivity (Wildman–Crippen MR) is 104 cm³/mol. The van der Waals surface area contributed by atoms with E-state index in [0.717, 1.165) is 12.8 Å². The Morgan fingerprint density at radius 1 is 1.21 bits per heavy atom. The average Bonchev–Trinajstić information content (AvgIpc) is 2.68. The van der Waals surface area contributed by atoms with E-state index in [1.54, 1.807) is 11.0 Å². The van der Waals surface area contributed by atoms with Gasteiger partial charge in [-0.05, 0) is 25.0 Å². The average molecular weight is 403 g/mol.